The third-order valence-corrected chi connectivity index (χ3v) is 5.42. The molecule has 28 heavy (non-hydrogen) atoms. The largest absolute Gasteiger partial charge is 0.371 e. The minimum absolute atomic E-state index is 0. The van der Waals surface area contributed by atoms with Crippen LogP contribution in [0.25, 0.3) is 10.9 Å². The van der Waals surface area contributed by atoms with E-state index in [-0.39, 0.29) is 17.8 Å². The van der Waals surface area contributed by atoms with Crippen LogP contribution >= 0.6 is 47.2 Å². The summed E-state index contributed by atoms with van der Waals surface area (Å²) >= 11 is 18.2. The summed E-state index contributed by atoms with van der Waals surface area (Å²) < 4.78 is 0. The van der Waals surface area contributed by atoms with Crippen LogP contribution in [0, 0.1) is 6.92 Å². The summed E-state index contributed by atoms with van der Waals surface area (Å²) in [6.07, 6.45) is 0.875. The van der Waals surface area contributed by atoms with Gasteiger partial charge >= 0.3 is 0 Å². The van der Waals surface area contributed by atoms with Gasteiger partial charge in [0.15, 0.2) is 5.43 Å². The maximum absolute atomic E-state index is 12.4. The van der Waals surface area contributed by atoms with Crippen LogP contribution in [0.2, 0.25) is 15.1 Å². The number of halogens is 4. The Morgan fingerprint density at radius 1 is 1.07 bits per heavy atom. The first-order valence-electron chi connectivity index (χ1n) is 8.67. The van der Waals surface area contributed by atoms with Gasteiger partial charge in [-0.2, -0.15) is 0 Å². The quantitative estimate of drug-likeness (QED) is 0.308. The first kappa shape index (κ1) is 22.9. The van der Waals surface area contributed by atoms with E-state index in [0.29, 0.717) is 32.6 Å². The second-order valence-electron chi connectivity index (χ2n) is 6.32. The highest BCUT2D eigenvalue weighted by Gasteiger charge is 2.08. The van der Waals surface area contributed by atoms with Gasteiger partial charge in [-0.15, -0.1) is 12.4 Å². The molecule has 0 aliphatic rings. The van der Waals surface area contributed by atoms with Gasteiger partial charge < -0.3 is 15.6 Å². The zero-order valence-corrected chi connectivity index (χ0v) is 18.3. The van der Waals surface area contributed by atoms with Gasteiger partial charge in [0.05, 0.1) is 15.6 Å². The Hall–Kier alpha value is -1.43. The van der Waals surface area contributed by atoms with E-state index in [1.807, 2.05) is 37.3 Å². The molecule has 0 unspecified atom stereocenters. The van der Waals surface area contributed by atoms with Crippen molar-refractivity contribution in [2.24, 2.45) is 0 Å². The molecule has 3 rings (SSSR count). The smallest absolute Gasteiger partial charge is 0.194 e. The summed E-state index contributed by atoms with van der Waals surface area (Å²) in [6, 6.07) is 11.0. The molecule has 0 spiro atoms. The van der Waals surface area contributed by atoms with Gasteiger partial charge in [0.2, 0.25) is 0 Å². The lowest BCUT2D eigenvalue weighted by atomic mass is 10.1. The summed E-state index contributed by atoms with van der Waals surface area (Å²) in [5, 5.41) is 8.89. The topological polar surface area (TPSA) is 56.9 Å². The number of hydrogen-bond acceptors (Lipinski definition) is 3. The first-order valence-corrected chi connectivity index (χ1v) is 9.80. The molecule has 0 radical (unpaired) electrons. The molecule has 2 aromatic carbocycles. The fourth-order valence-corrected chi connectivity index (χ4v) is 3.61. The molecule has 150 valence electrons. The minimum Gasteiger partial charge on any atom is -0.371 e. The van der Waals surface area contributed by atoms with Gasteiger partial charge in [-0.05, 0) is 49.7 Å². The molecule has 3 N–H and O–H groups in total. The molecule has 0 amide bonds. The lowest BCUT2D eigenvalue weighted by Crippen LogP contribution is -2.19. The van der Waals surface area contributed by atoms with E-state index in [4.69, 9.17) is 34.8 Å². The molecule has 0 aliphatic carbocycles. The first-order chi connectivity index (χ1) is 13.0. The molecule has 8 heteroatoms. The number of benzene rings is 2. The fourth-order valence-electron chi connectivity index (χ4n) is 2.90. The normalized spacial score (nSPS) is 10.7. The minimum atomic E-state index is 0. The van der Waals surface area contributed by atoms with Crippen molar-refractivity contribution >= 4 is 63.9 Å². The molecule has 1 aromatic heterocycles. The lowest BCUT2D eigenvalue weighted by molar-refractivity contribution is 0.663. The fraction of sp³-hybridized carbons (Fsp3) is 0.250. The van der Waals surface area contributed by atoms with Crippen molar-refractivity contribution in [1.29, 1.82) is 0 Å². The maximum Gasteiger partial charge on any atom is 0.194 e. The number of H-pyrrole nitrogens is 1. The van der Waals surface area contributed by atoms with Gasteiger partial charge in [-0.25, -0.2) is 0 Å². The van der Waals surface area contributed by atoms with Crippen LogP contribution < -0.4 is 16.1 Å². The van der Waals surface area contributed by atoms with E-state index in [2.05, 4.69) is 15.6 Å². The second kappa shape index (κ2) is 10.4. The van der Waals surface area contributed by atoms with Crippen LogP contribution in [0.3, 0.4) is 0 Å². The van der Waals surface area contributed by atoms with E-state index in [1.54, 1.807) is 6.07 Å². The van der Waals surface area contributed by atoms with Crippen LogP contribution in [-0.4, -0.2) is 18.1 Å². The number of aromatic nitrogens is 1. The van der Waals surface area contributed by atoms with Crippen molar-refractivity contribution < 1.29 is 0 Å². The highest BCUT2D eigenvalue weighted by atomic mass is 35.5. The van der Waals surface area contributed by atoms with E-state index in [9.17, 15) is 4.79 Å². The highest BCUT2D eigenvalue weighted by molar-refractivity contribution is 6.43. The summed E-state index contributed by atoms with van der Waals surface area (Å²) in [5.41, 5.74) is 2.46. The summed E-state index contributed by atoms with van der Waals surface area (Å²) in [6.45, 7) is 3.93. The standard InChI is InChI=1S/C20H20Cl3N3O.ClH/c1-12-19(27)15-5-2-3-6-17(15)26-20(12)25-8-4-7-24-11-13-9-14(21)10-16(22)18(13)23;/h2-3,5-6,9-10,24H,4,7-8,11H2,1H3,(H2,25,26,27);1H. The Labute approximate surface area is 185 Å². The number of para-hydroxylation sites is 1. The van der Waals surface area contributed by atoms with E-state index < -0.39 is 0 Å². The SMILES string of the molecule is Cc1c(NCCCNCc2cc(Cl)cc(Cl)c2Cl)[nH]c2ccccc2c1=O.Cl. The molecule has 0 bridgehead atoms. The zero-order chi connectivity index (χ0) is 19.4. The van der Waals surface area contributed by atoms with Crippen LogP contribution in [0.1, 0.15) is 17.5 Å². The summed E-state index contributed by atoms with van der Waals surface area (Å²) in [4.78, 5) is 15.7. The van der Waals surface area contributed by atoms with Crippen LogP contribution in [-0.2, 0) is 6.54 Å². The molecular formula is C20H21Cl4N3O. The van der Waals surface area contributed by atoms with Crippen LogP contribution in [0.5, 0.6) is 0 Å². The molecule has 0 saturated carbocycles. The van der Waals surface area contributed by atoms with E-state index >= 15 is 0 Å². The number of anilines is 1. The average molecular weight is 461 g/mol. The molecule has 0 atom stereocenters. The predicted octanol–water partition coefficient (Wildman–Crippen LogP) is 5.81. The molecule has 0 fully saturated rings. The Morgan fingerprint density at radius 2 is 1.82 bits per heavy atom. The average Bonchev–Trinajstić information content (AvgIpc) is 2.65. The maximum atomic E-state index is 12.4. The van der Waals surface area contributed by atoms with Crippen molar-refractivity contribution in [2.75, 3.05) is 18.4 Å². The number of fused-ring (bicyclic) bond motifs is 1. The Morgan fingerprint density at radius 3 is 2.61 bits per heavy atom. The Balaban J connectivity index is 0.00000280. The van der Waals surface area contributed by atoms with Crippen molar-refractivity contribution in [3.8, 4) is 0 Å². The third-order valence-electron chi connectivity index (χ3n) is 4.36. The summed E-state index contributed by atoms with van der Waals surface area (Å²) in [7, 11) is 0. The molecular weight excluding hydrogens is 440 g/mol. The lowest BCUT2D eigenvalue weighted by Gasteiger charge is -2.12. The van der Waals surface area contributed by atoms with Gasteiger partial charge in [0, 0.05) is 29.1 Å². The van der Waals surface area contributed by atoms with E-state index in [0.717, 1.165) is 36.4 Å². The van der Waals surface area contributed by atoms with Gasteiger partial charge in [-0.1, -0.05) is 46.9 Å². The molecule has 3 aromatic rings. The number of nitrogens with one attached hydrogen (secondary N) is 3. The molecule has 4 nitrogen and oxygen atoms in total. The van der Waals surface area contributed by atoms with Gasteiger partial charge in [0.1, 0.15) is 5.82 Å². The Bertz CT molecular complexity index is 1020. The highest BCUT2D eigenvalue weighted by Crippen LogP contribution is 2.29. The van der Waals surface area contributed by atoms with Crippen LogP contribution in [0.4, 0.5) is 5.82 Å². The summed E-state index contributed by atoms with van der Waals surface area (Å²) in [5.74, 6) is 0.767. The van der Waals surface area contributed by atoms with Gasteiger partial charge in [0.25, 0.3) is 0 Å². The third kappa shape index (κ3) is 5.34. The second-order valence-corrected chi connectivity index (χ2v) is 7.54. The van der Waals surface area contributed by atoms with Crippen molar-refractivity contribution in [1.82, 2.24) is 10.3 Å². The monoisotopic (exact) mass is 459 g/mol. The van der Waals surface area contributed by atoms with Crippen molar-refractivity contribution in [2.45, 2.75) is 19.9 Å². The van der Waals surface area contributed by atoms with Crippen molar-refractivity contribution in [3.63, 3.8) is 0 Å². The van der Waals surface area contributed by atoms with Crippen LogP contribution in [0.15, 0.2) is 41.2 Å². The number of hydrogen-bond donors (Lipinski definition) is 3. The number of pyridine rings is 1. The Kier molecular flexibility index (Phi) is 8.47. The molecule has 1 heterocycles. The molecule has 0 aliphatic heterocycles. The molecule has 0 saturated heterocycles. The number of rotatable bonds is 7. The van der Waals surface area contributed by atoms with Gasteiger partial charge in [-0.3, -0.25) is 4.79 Å². The van der Waals surface area contributed by atoms with E-state index in [1.165, 1.54) is 0 Å². The van der Waals surface area contributed by atoms with Crippen molar-refractivity contribution in [3.05, 3.63) is 72.8 Å². The zero-order valence-electron chi connectivity index (χ0n) is 15.2. The predicted molar refractivity (Wildman–Crippen MR) is 123 cm³/mol. The number of aromatic amines is 1.